The predicted molar refractivity (Wildman–Crippen MR) is 388 cm³/mol. The molecule has 0 aromatic heterocycles. The number of methoxy groups -OCH3 is 1. The van der Waals surface area contributed by atoms with Gasteiger partial charge in [0.25, 0.3) is 0 Å². The number of nitrogens with zero attached hydrogens (tertiary/aromatic N) is 7. The molecule has 0 saturated carbocycles. The summed E-state index contributed by atoms with van der Waals surface area (Å²) >= 11 is 5.72. The maximum absolute atomic E-state index is 15.3. The highest BCUT2D eigenvalue weighted by atomic mass is 32.1. The van der Waals surface area contributed by atoms with E-state index in [0.29, 0.717) is 18.0 Å². The molecular weight excluding hydrogens is 1290 g/mol. The predicted octanol–water partition coefficient (Wildman–Crippen LogP) is 5.87. The van der Waals surface area contributed by atoms with E-state index in [1.165, 1.54) is 89.8 Å². The molecule has 0 fully saturated rings. The third kappa shape index (κ3) is 27.4. The minimum atomic E-state index is -1.57. The molecular formula is C72H122N12O14S. The van der Waals surface area contributed by atoms with Gasteiger partial charge in [0.05, 0.1) is 7.11 Å². The topological polar surface area (TPSA) is 306 Å². The first-order chi connectivity index (χ1) is 45.9. The molecule has 26 nitrogen and oxygen atoms in total. The molecule has 0 radical (unpaired) electrons. The number of hydrogen-bond donors (Lipinski definition) is 5. The van der Waals surface area contributed by atoms with Crippen LogP contribution < -0.4 is 26.6 Å². The van der Waals surface area contributed by atoms with Gasteiger partial charge in [-0.05, 0) is 125 Å². The lowest BCUT2D eigenvalue weighted by Gasteiger charge is -2.42. The fourth-order valence-electron chi connectivity index (χ4n) is 11.7. The number of nitrogens with one attached hydrogen (secondary N) is 5. The molecule has 0 unspecified atom stereocenters. The number of ether oxygens (including phenoxy) is 2. The summed E-state index contributed by atoms with van der Waals surface area (Å²) in [5.74, 6) is -9.92. The summed E-state index contributed by atoms with van der Waals surface area (Å²) in [6.07, 6.45) is 3.54. The van der Waals surface area contributed by atoms with E-state index in [-0.39, 0.29) is 49.4 Å². The average molecular weight is 1410 g/mol. The summed E-state index contributed by atoms with van der Waals surface area (Å²) in [7, 11) is 11.4. The Morgan fingerprint density at radius 3 is 1.39 bits per heavy atom. The molecule has 0 aliphatic rings. The van der Waals surface area contributed by atoms with Crippen molar-refractivity contribution >= 4 is 94.0 Å². The van der Waals surface area contributed by atoms with Crippen molar-refractivity contribution in [3.05, 3.63) is 42.5 Å². The number of allylic oxidation sites excluding steroid dienone is 2. The SMILES string of the molecule is C/C=C/C[C@@H](C)[C@@H](OC(C)=O)[C@@H](C(=O)N[C@@H](CC)C(=O)N(C)CC(=O)OC)N(C)C(=O)[C@H](C(C)C)N(C)C(=O)[C@H](CC(C)C)N(C)C(=O)[C@H](CC(C)C)N(C)C(=O)[C@H](C)NC(=O)[C@H](C)NC(=O)[C@H](CC(C)C)N(C)C(=O)[C@@H](NC(=O)[C@H](CC(C)C)N(C)C(=S)Nc1ccccc1)C(C)C. The lowest BCUT2D eigenvalue weighted by atomic mass is 9.91. The maximum atomic E-state index is 15.3. The minimum Gasteiger partial charge on any atom is -0.468 e. The molecule has 1 rings (SSSR count). The van der Waals surface area contributed by atoms with Gasteiger partial charge in [0, 0.05) is 61.9 Å². The molecule has 560 valence electrons. The number of esters is 2. The maximum Gasteiger partial charge on any atom is 0.325 e. The van der Waals surface area contributed by atoms with Gasteiger partial charge in [-0.2, -0.15) is 0 Å². The van der Waals surface area contributed by atoms with Crippen LogP contribution in [0.5, 0.6) is 0 Å². The van der Waals surface area contributed by atoms with Gasteiger partial charge in [0.1, 0.15) is 73.1 Å². The van der Waals surface area contributed by atoms with Crippen molar-refractivity contribution in [2.75, 3.05) is 68.3 Å². The molecule has 0 spiro atoms. The summed E-state index contributed by atoms with van der Waals surface area (Å²) in [6.45, 7) is 31.0. The molecule has 0 aliphatic heterocycles. The fraction of sp³-hybridized carbons (Fsp3) is 0.708. The van der Waals surface area contributed by atoms with Crippen molar-refractivity contribution in [3.63, 3.8) is 0 Å². The lowest BCUT2D eigenvalue weighted by molar-refractivity contribution is -0.164. The zero-order valence-corrected chi connectivity index (χ0v) is 65.0. The van der Waals surface area contributed by atoms with Gasteiger partial charge >= 0.3 is 11.9 Å². The van der Waals surface area contributed by atoms with E-state index >= 15 is 14.4 Å². The summed E-state index contributed by atoms with van der Waals surface area (Å²) in [5.41, 5.74) is 0.743. The molecule has 0 aliphatic carbocycles. The summed E-state index contributed by atoms with van der Waals surface area (Å²) in [6, 6.07) is -2.54. The molecule has 0 heterocycles. The second kappa shape index (κ2) is 42.4. The van der Waals surface area contributed by atoms with Crippen molar-refractivity contribution in [1.82, 2.24) is 55.6 Å². The van der Waals surface area contributed by atoms with Crippen molar-refractivity contribution in [2.24, 2.45) is 41.4 Å². The van der Waals surface area contributed by atoms with E-state index < -0.39 is 162 Å². The molecule has 1 aromatic carbocycles. The van der Waals surface area contributed by atoms with Crippen LogP contribution in [0.3, 0.4) is 0 Å². The van der Waals surface area contributed by atoms with Gasteiger partial charge in [-0.3, -0.25) is 57.5 Å². The van der Waals surface area contributed by atoms with E-state index in [9.17, 15) is 43.2 Å². The zero-order chi connectivity index (χ0) is 76.4. The molecule has 0 saturated heterocycles. The number of likely N-dealkylation sites (N-methyl/N-ethyl adjacent to an activating group) is 7. The van der Waals surface area contributed by atoms with Crippen LogP contribution in [0.4, 0.5) is 5.69 Å². The Balaban J connectivity index is 3.66. The third-order valence-electron chi connectivity index (χ3n) is 17.5. The fourth-order valence-corrected chi connectivity index (χ4v) is 11.9. The number of rotatable bonds is 39. The highest BCUT2D eigenvalue weighted by Crippen LogP contribution is 2.27. The van der Waals surface area contributed by atoms with Gasteiger partial charge in [0.15, 0.2) is 5.11 Å². The number of para-hydroxylation sites is 1. The standard InChI is InChI=1S/C72H122N12O14S/c1-27-29-33-47(15)61(98-50(18)85)60(65(90)76-52(28-2)67(92)78(19)40-57(86)97-26)84(25)71(96)59(46(13)14)83(24)69(94)56(39-44(9)10)81(22)68(93)55(38-43(7)8)80(21)66(91)49(17)74-62(87)48(16)73-63(88)53(36-41(3)4)79(20)70(95)58(45(11)12)77-64(89)54(37-42(5)6)82(23)72(99)75-51-34-31-30-32-35-51/h27,29-32,34-35,41-49,52-56,58-61H,28,33,36-40H2,1-26H3,(H,73,88)(H,74,87)(H,75,99)(H,76,90)(H,77,89)/b29-27+/t47-,48+,49+,52+,53+,54+,55+,56+,58+,59+,60+,61-/m1/s1. The Hall–Kier alpha value is -7.71. The average Bonchev–Trinajstić information content (AvgIpc) is 0.797. The van der Waals surface area contributed by atoms with Crippen LogP contribution in [-0.2, 0) is 67.0 Å². The highest BCUT2D eigenvalue weighted by molar-refractivity contribution is 7.80. The van der Waals surface area contributed by atoms with Gasteiger partial charge in [-0.1, -0.05) is 127 Å². The second-order valence-electron chi connectivity index (χ2n) is 28.7. The van der Waals surface area contributed by atoms with Crippen LogP contribution in [0.1, 0.15) is 163 Å². The molecule has 12 atom stereocenters. The van der Waals surface area contributed by atoms with E-state index in [1.807, 2.05) is 91.8 Å². The van der Waals surface area contributed by atoms with E-state index in [0.717, 1.165) is 15.5 Å². The van der Waals surface area contributed by atoms with Gasteiger partial charge in [-0.15, -0.1) is 0 Å². The van der Waals surface area contributed by atoms with E-state index in [4.69, 9.17) is 21.7 Å². The van der Waals surface area contributed by atoms with Crippen LogP contribution >= 0.6 is 12.2 Å². The Bertz CT molecular complexity index is 2910. The number of carbonyl (C=O) groups excluding carboxylic acids is 12. The normalized spacial score (nSPS) is 15.2. The van der Waals surface area contributed by atoms with Gasteiger partial charge < -0.3 is 70.4 Å². The van der Waals surface area contributed by atoms with Crippen molar-refractivity contribution in [1.29, 1.82) is 0 Å². The molecule has 5 N–H and O–H groups in total. The molecule has 99 heavy (non-hydrogen) atoms. The van der Waals surface area contributed by atoms with Crippen LogP contribution in [0.25, 0.3) is 0 Å². The smallest absolute Gasteiger partial charge is 0.325 e. The van der Waals surface area contributed by atoms with Crippen molar-refractivity contribution in [2.45, 2.75) is 230 Å². The highest BCUT2D eigenvalue weighted by Gasteiger charge is 2.47. The van der Waals surface area contributed by atoms with Gasteiger partial charge in [-0.25, -0.2) is 0 Å². The van der Waals surface area contributed by atoms with Crippen molar-refractivity contribution < 1.29 is 67.0 Å². The number of amides is 10. The van der Waals surface area contributed by atoms with E-state index in [2.05, 4.69) is 26.6 Å². The van der Waals surface area contributed by atoms with Crippen LogP contribution in [-0.4, -0.2) is 240 Å². The Kier molecular flexibility index (Phi) is 38.3. The van der Waals surface area contributed by atoms with E-state index in [1.54, 1.807) is 66.5 Å². The third-order valence-corrected chi connectivity index (χ3v) is 17.9. The number of anilines is 1. The summed E-state index contributed by atoms with van der Waals surface area (Å²) in [4.78, 5) is 180. The number of hydrogen-bond acceptors (Lipinski definition) is 15. The zero-order valence-electron chi connectivity index (χ0n) is 64.1. The van der Waals surface area contributed by atoms with Crippen LogP contribution in [0, 0.1) is 41.4 Å². The molecule has 10 amide bonds. The lowest BCUT2D eigenvalue weighted by Crippen LogP contribution is -2.64. The Morgan fingerprint density at radius 2 is 0.939 bits per heavy atom. The van der Waals surface area contributed by atoms with Gasteiger partial charge in [0.2, 0.25) is 59.1 Å². The quantitative estimate of drug-likeness (QED) is 0.0292. The Morgan fingerprint density at radius 1 is 0.495 bits per heavy atom. The minimum absolute atomic E-state index is 0.0701. The number of benzene rings is 1. The first-order valence-corrected chi connectivity index (χ1v) is 35.1. The molecule has 1 aromatic rings. The summed E-state index contributed by atoms with van der Waals surface area (Å²) in [5, 5.41) is 14.6. The van der Waals surface area contributed by atoms with Crippen molar-refractivity contribution in [3.8, 4) is 0 Å². The molecule has 27 heteroatoms. The first-order valence-electron chi connectivity index (χ1n) is 34.7. The number of carbonyl (C=O) groups is 12. The Labute approximate surface area is 595 Å². The van der Waals surface area contributed by atoms with Crippen LogP contribution in [0.2, 0.25) is 0 Å². The van der Waals surface area contributed by atoms with Crippen LogP contribution in [0.15, 0.2) is 42.5 Å². The largest absolute Gasteiger partial charge is 0.468 e. The monoisotopic (exact) mass is 1410 g/mol. The first kappa shape index (κ1) is 89.3. The summed E-state index contributed by atoms with van der Waals surface area (Å²) < 4.78 is 10.6. The second-order valence-corrected chi connectivity index (χ2v) is 29.0. The number of thiocarbonyl (C=S) groups is 1. The molecule has 0 bridgehead atoms.